The smallest absolute Gasteiger partial charge is 0.200 e. The second kappa shape index (κ2) is 6.37. The highest BCUT2D eigenvalue weighted by Gasteiger charge is 2.33. The van der Waals surface area contributed by atoms with Crippen LogP contribution in [-0.2, 0) is 10.9 Å². The topological polar surface area (TPSA) is 40.5 Å². The molecule has 0 saturated carbocycles. The van der Waals surface area contributed by atoms with Crippen molar-refractivity contribution in [2.24, 2.45) is 5.92 Å². The van der Waals surface area contributed by atoms with Gasteiger partial charge in [-0.1, -0.05) is 19.8 Å². The molecule has 2 nitrogen and oxygen atoms in total. The molecule has 0 aromatic heterocycles. The Bertz CT molecular complexity index is 392. The molecule has 2 atom stereocenters. The van der Waals surface area contributed by atoms with Gasteiger partial charge in [0.05, 0.1) is 0 Å². The largest absolute Gasteiger partial charge is 0.508 e. The summed E-state index contributed by atoms with van der Waals surface area (Å²) in [6.07, 6.45) is 6.49. The molecule has 0 amide bonds. The highest BCUT2D eigenvalue weighted by molar-refractivity contribution is 7.97. The lowest BCUT2D eigenvalue weighted by Gasteiger charge is -2.22. The Morgan fingerprint density at radius 3 is 2.94 bits per heavy atom. The Kier molecular flexibility index (Phi) is 4.81. The highest BCUT2D eigenvalue weighted by atomic mass is 32.2. The Balaban J connectivity index is 2.05. The molecule has 1 unspecified atom stereocenters. The molecule has 100 valence electrons. The number of unbranched alkanes of at least 4 members (excludes halogenated alkanes) is 1. The number of phenols is 2. The first kappa shape index (κ1) is 13.6. The maximum atomic E-state index is 9.95. The molecule has 0 aliphatic carbocycles. The van der Waals surface area contributed by atoms with Gasteiger partial charge in [-0.05, 0) is 31.4 Å². The van der Waals surface area contributed by atoms with Crippen molar-refractivity contribution in [1.29, 1.82) is 0 Å². The molecule has 1 heterocycles. The van der Waals surface area contributed by atoms with Crippen LogP contribution >= 0.6 is 0 Å². The van der Waals surface area contributed by atoms with E-state index in [-0.39, 0.29) is 16.6 Å². The molecule has 1 aromatic carbocycles. The lowest BCUT2D eigenvalue weighted by Crippen LogP contribution is -2.25. The van der Waals surface area contributed by atoms with Crippen LogP contribution in [0.3, 0.4) is 0 Å². The van der Waals surface area contributed by atoms with Crippen molar-refractivity contribution in [3.8, 4) is 11.5 Å². The zero-order valence-electron chi connectivity index (χ0n) is 11.1. The summed E-state index contributed by atoms with van der Waals surface area (Å²) in [5.74, 6) is 3.79. The zero-order valence-corrected chi connectivity index (χ0v) is 11.9. The Labute approximate surface area is 112 Å². The van der Waals surface area contributed by atoms with Crippen LogP contribution in [0.1, 0.15) is 39.0 Å². The first-order valence-electron chi connectivity index (χ1n) is 6.90. The number of hydrogen-bond acceptors (Lipinski definition) is 2. The summed E-state index contributed by atoms with van der Waals surface area (Å²) < 4.78 is 0. The summed E-state index contributed by atoms with van der Waals surface area (Å²) in [6, 6.07) is 4.93. The van der Waals surface area contributed by atoms with E-state index in [1.165, 1.54) is 43.6 Å². The van der Waals surface area contributed by atoms with Crippen molar-refractivity contribution >= 4 is 10.9 Å². The van der Waals surface area contributed by atoms with E-state index in [2.05, 4.69) is 6.92 Å². The fourth-order valence-corrected chi connectivity index (χ4v) is 5.29. The summed E-state index contributed by atoms with van der Waals surface area (Å²) in [5.41, 5.74) is 0. The van der Waals surface area contributed by atoms with Crippen molar-refractivity contribution < 1.29 is 10.2 Å². The van der Waals surface area contributed by atoms with Crippen LogP contribution in [-0.4, -0.2) is 21.7 Å². The van der Waals surface area contributed by atoms with Gasteiger partial charge in [-0.15, -0.1) is 0 Å². The Hall–Kier alpha value is -0.830. The summed E-state index contributed by atoms with van der Waals surface area (Å²) in [5, 5.41) is 19.5. The molecular formula is C15H23O2S+. The van der Waals surface area contributed by atoms with E-state index in [9.17, 15) is 10.2 Å². The van der Waals surface area contributed by atoms with Gasteiger partial charge in [0.2, 0.25) is 0 Å². The van der Waals surface area contributed by atoms with E-state index in [0.29, 0.717) is 5.75 Å². The van der Waals surface area contributed by atoms with Crippen molar-refractivity contribution in [1.82, 2.24) is 0 Å². The molecule has 1 aromatic rings. The van der Waals surface area contributed by atoms with Crippen LogP contribution in [0, 0.1) is 5.92 Å². The van der Waals surface area contributed by atoms with Crippen LogP contribution in [0.25, 0.3) is 0 Å². The van der Waals surface area contributed by atoms with Gasteiger partial charge >= 0.3 is 0 Å². The number of rotatable bonds is 4. The van der Waals surface area contributed by atoms with Crippen molar-refractivity contribution in [2.45, 2.75) is 43.9 Å². The fraction of sp³-hybridized carbons (Fsp3) is 0.600. The van der Waals surface area contributed by atoms with Gasteiger partial charge in [0.25, 0.3) is 0 Å². The molecular weight excluding hydrogens is 244 g/mol. The van der Waals surface area contributed by atoms with E-state index in [4.69, 9.17) is 0 Å². The van der Waals surface area contributed by atoms with E-state index in [1.807, 2.05) is 0 Å². The molecule has 2 N–H and O–H groups in total. The fourth-order valence-electron chi connectivity index (χ4n) is 2.65. The number of benzene rings is 1. The normalized spacial score (nSPS) is 24.1. The molecule has 2 rings (SSSR count). The van der Waals surface area contributed by atoms with Crippen LogP contribution in [0.2, 0.25) is 0 Å². The summed E-state index contributed by atoms with van der Waals surface area (Å²) in [4.78, 5) is 0.969. The molecule has 0 bridgehead atoms. The average Bonchev–Trinajstić information content (AvgIpc) is 2.39. The van der Waals surface area contributed by atoms with Gasteiger partial charge in [0, 0.05) is 22.9 Å². The standard InChI is InChI=1S/C15H22O2S/c1-2-3-5-12-6-4-9-18(11-12)15-10-13(16)7-8-14(15)17/h7-8,10,12H,2-6,9,11H2,1H3,(H-,16,17)/p+1/t12-,18?/m0/s1. The third kappa shape index (κ3) is 3.35. The molecule has 1 aliphatic rings. The Morgan fingerprint density at radius 1 is 1.33 bits per heavy atom. The molecule has 0 spiro atoms. The van der Waals surface area contributed by atoms with Crippen molar-refractivity contribution in [2.75, 3.05) is 11.5 Å². The van der Waals surface area contributed by atoms with Crippen molar-refractivity contribution in [3.05, 3.63) is 18.2 Å². The van der Waals surface area contributed by atoms with Gasteiger partial charge in [-0.3, -0.25) is 0 Å². The zero-order chi connectivity index (χ0) is 13.0. The minimum absolute atomic E-state index is 0.127. The van der Waals surface area contributed by atoms with E-state index >= 15 is 0 Å². The molecule has 1 fully saturated rings. The monoisotopic (exact) mass is 267 g/mol. The van der Waals surface area contributed by atoms with Crippen molar-refractivity contribution in [3.63, 3.8) is 0 Å². The number of phenolic OH excluding ortho intramolecular Hbond substituents is 2. The quantitative estimate of drug-likeness (QED) is 0.645. The Morgan fingerprint density at radius 2 is 2.17 bits per heavy atom. The molecule has 0 radical (unpaired) electrons. The predicted octanol–water partition coefficient (Wildman–Crippen LogP) is 3.68. The van der Waals surface area contributed by atoms with Crippen LogP contribution < -0.4 is 0 Å². The highest BCUT2D eigenvalue weighted by Crippen LogP contribution is 2.35. The predicted molar refractivity (Wildman–Crippen MR) is 77.4 cm³/mol. The minimum atomic E-state index is 0.127. The third-order valence-corrected chi connectivity index (χ3v) is 6.26. The lowest BCUT2D eigenvalue weighted by molar-refractivity contribution is 0.444. The van der Waals surface area contributed by atoms with Gasteiger partial charge in [0.1, 0.15) is 17.3 Å². The molecule has 18 heavy (non-hydrogen) atoms. The second-order valence-corrected chi connectivity index (χ2v) is 7.33. The maximum absolute atomic E-state index is 9.95. The van der Waals surface area contributed by atoms with Gasteiger partial charge in [-0.25, -0.2) is 0 Å². The maximum Gasteiger partial charge on any atom is 0.200 e. The number of aromatic hydroxyl groups is 2. The van der Waals surface area contributed by atoms with Gasteiger partial charge in [-0.2, -0.15) is 0 Å². The second-order valence-electron chi connectivity index (χ2n) is 5.17. The molecule has 3 heteroatoms. The minimum Gasteiger partial charge on any atom is -0.508 e. The van der Waals surface area contributed by atoms with E-state index in [0.717, 1.165) is 10.8 Å². The third-order valence-electron chi connectivity index (χ3n) is 3.66. The summed E-state index contributed by atoms with van der Waals surface area (Å²) in [6.45, 7) is 2.24. The number of hydrogen-bond donors (Lipinski definition) is 2. The van der Waals surface area contributed by atoms with E-state index in [1.54, 1.807) is 18.2 Å². The van der Waals surface area contributed by atoms with Crippen LogP contribution in [0.15, 0.2) is 23.1 Å². The van der Waals surface area contributed by atoms with Gasteiger partial charge in [0.15, 0.2) is 10.6 Å². The molecule has 1 saturated heterocycles. The molecule has 1 aliphatic heterocycles. The summed E-state index contributed by atoms with van der Waals surface area (Å²) in [7, 11) is 0.127. The average molecular weight is 267 g/mol. The first-order valence-corrected chi connectivity index (χ1v) is 8.46. The van der Waals surface area contributed by atoms with Crippen LogP contribution in [0.5, 0.6) is 11.5 Å². The summed E-state index contributed by atoms with van der Waals surface area (Å²) >= 11 is 0. The SMILES string of the molecule is CCCC[C@H]1CCC[S+](c2cc(O)ccc2O)C1. The van der Waals surface area contributed by atoms with Gasteiger partial charge < -0.3 is 10.2 Å². The lowest BCUT2D eigenvalue weighted by atomic mass is 9.99. The van der Waals surface area contributed by atoms with Crippen LogP contribution in [0.4, 0.5) is 0 Å². The first-order chi connectivity index (χ1) is 8.70. The van der Waals surface area contributed by atoms with E-state index < -0.39 is 0 Å².